The fourth-order valence-electron chi connectivity index (χ4n) is 0. The van der Waals surface area contributed by atoms with Crippen molar-refractivity contribution in [2.75, 3.05) is 0 Å². The summed E-state index contributed by atoms with van der Waals surface area (Å²) in [5, 5.41) is 0. The fourth-order valence-corrected chi connectivity index (χ4v) is 0. The van der Waals surface area contributed by atoms with Crippen LogP contribution in [0.25, 0.3) is 0 Å². The zero-order valence-electron chi connectivity index (χ0n) is 0.732. The van der Waals surface area contributed by atoms with Crippen LogP contribution < -0.4 is 0 Å². The second kappa shape index (κ2) is 18.8. The predicted molar refractivity (Wildman–Crippen MR) is 14.3 cm³/mol. The van der Waals surface area contributed by atoms with Gasteiger partial charge in [0, 0.05) is 34.1 Å². The molecule has 1 radical (unpaired) electrons. The molecule has 0 fully saturated rings. The van der Waals surface area contributed by atoms with Gasteiger partial charge in [-0.3, -0.25) is 0 Å². The van der Waals surface area contributed by atoms with Gasteiger partial charge in [0.1, 0.15) is 0 Å². The van der Waals surface area contributed by atoms with Gasteiger partial charge in [-0.15, -0.1) is 0 Å². The van der Waals surface area contributed by atoms with Gasteiger partial charge < -0.3 is 0 Å². The normalized spacial score (nSPS) is 0. The summed E-state index contributed by atoms with van der Waals surface area (Å²) in [4.78, 5) is 0. The van der Waals surface area contributed by atoms with Crippen LogP contribution in [0, 0.1) is 0 Å². The van der Waals surface area contributed by atoms with Crippen molar-refractivity contribution >= 4 is 37.7 Å². The van der Waals surface area contributed by atoms with Crippen molar-refractivity contribution in [1.29, 1.82) is 0 Å². The predicted octanol–water partition coefficient (Wildman–Crippen LogP) is -1.30. The average molecular weight is 127 g/mol. The molecule has 0 heterocycles. The van der Waals surface area contributed by atoms with Crippen molar-refractivity contribution in [3.63, 3.8) is 0 Å². The maximum atomic E-state index is 0. The Kier molecular flexibility index (Phi) is 161. The van der Waals surface area contributed by atoms with Gasteiger partial charge in [0.25, 0.3) is 0 Å². The summed E-state index contributed by atoms with van der Waals surface area (Å²) >= 11 is 0. The summed E-state index contributed by atoms with van der Waals surface area (Å²) in [6.07, 6.45) is 0. The van der Waals surface area contributed by atoms with Crippen LogP contribution in [0.15, 0.2) is 0 Å². The number of hydrogen-bond donors (Lipinski definition) is 0. The first kappa shape index (κ1) is 34.2. The molecule has 4 heavy (non-hydrogen) atoms. The molecule has 0 spiro atoms. The van der Waals surface area contributed by atoms with Crippen LogP contribution in [-0.2, 0) is 34.1 Å². The van der Waals surface area contributed by atoms with Crippen LogP contribution in [0.4, 0.5) is 0 Å². The second-order valence-electron chi connectivity index (χ2n) is 0. The van der Waals surface area contributed by atoms with E-state index in [0.717, 1.165) is 0 Å². The first-order valence-electron chi connectivity index (χ1n) is 0. The average Bonchev–Trinajstić information content (AvgIpc) is 0. The van der Waals surface area contributed by atoms with Crippen molar-refractivity contribution in [1.82, 2.24) is 0 Å². The molecule has 0 saturated carbocycles. The zero-order valence-corrected chi connectivity index (χ0v) is 3.02. The zero-order chi connectivity index (χ0) is 0. The molecule has 0 nitrogen and oxygen atoms in total. The van der Waals surface area contributed by atoms with Crippen molar-refractivity contribution in [3.05, 3.63) is 0 Å². The minimum Gasteiger partial charge on any atom is 0 e. The molecular weight excluding hydrogens is 125 g/mol. The van der Waals surface area contributed by atoms with E-state index in [4.69, 9.17) is 0 Å². The molecule has 0 aromatic rings. The summed E-state index contributed by atoms with van der Waals surface area (Å²) in [7, 11) is 0. The minimum absolute atomic E-state index is 0. The Hall–Kier alpha value is 2.23. The van der Waals surface area contributed by atoms with Crippen LogP contribution in [-0.4, -0.2) is 37.7 Å². The van der Waals surface area contributed by atoms with E-state index in [1.165, 1.54) is 0 Å². The summed E-state index contributed by atoms with van der Waals surface area (Å²) in [6, 6.07) is 0. The summed E-state index contributed by atoms with van der Waals surface area (Å²) < 4.78 is 0. The fraction of sp³-hybridized carbons (Fsp3) is 0. The molecule has 19 valence electrons. The molecule has 0 aliphatic carbocycles. The van der Waals surface area contributed by atoms with E-state index in [9.17, 15) is 0 Å². The Morgan fingerprint density at radius 2 is 0.750 bits per heavy atom. The molecule has 0 N–H and O–H groups in total. The first-order chi connectivity index (χ1) is 0. The van der Waals surface area contributed by atoms with Gasteiger partial charge in [0.15, 0.2) is 0 Å². The third-order valence-corrected chi connectivity index (χ3v) is 0. The topological polar surface area (TPSA) is 0 Å². The standard InChI is InChI=1S/Fe.2Li.Mn.2H. The largest absolute Gasteiger partial charge is 0 e. The van der Waals surface area contributed by atoms with Gasteiger partial charge in [-0.25, -0.2) is 0 Å². The van der Waals surface area contributed by atoms with Gasteiger partial charge in [-0.1, -0.05) is 0 Å². The summed E-state index contributed by atoms with van der Waals surface area (Å²) in [5.74, 6) is 0. The van der Waals surface area contributed by atoms with E-state index in [1.807, 2.05) is 0 Å². The van der Waals surface area contributed by atoms with E-state index in [1.54, 1.807) is 0 Å². The van der Waals surface area contributed by atoms with E-state index in [2.05, 4.69) is 0 Å². The van der Waals surface area contributed by atoms with Crippen molar-refractivity contribution in [2.24, 2.45) is 0 Å². The van der Waals surface area contributed by atoms with Gasteiger partial charge in [-0.05, 0) is 0 Å². The van der Waals surface area contributed by atoms with Gasteiger partial charge >= 0.3 is 37.7 Å². The Labute approximate surface area is 71.2 Å². The molecular formula is H2FeLi2Mn. The molecule has 0 aliphatic rings. The quantitative estimate of drug-likeness (QED) is 0.354. The van der Waals surface area contributed by atoms with Crippen LogP contribution in [0.1, 0.15) is 0 Å². The third-order valence-electron chi connectivity index (χ3n) is 0. The molecule has 0 amide bonds. The third kappa shape index (κ3) is 8.87. The molecule has 0 atom stereocenters. The van der Waals surface area contributed by atoms with E-state index in [0.29, 0.717) is 0 Å². The van der Waals surface area contributed by atoms with Crippen molar-refractivity contribution in [3.8, 4) is 0 Å². The Bertz CT molecular complexity index is 6.00. The molecule has 0 saturated heterocycles. The smallest absolute Gasteiger partial charge is 0 e. The second-order valence-corrected chi connectivity index (χ2v) is 0. The minimum atomic E-state index is 0. The van der Waals surface area contributed by atoms with Gasteiger partial charge in [0.05, 0.1) is 0 Å². The van der Waals surface area contributed by atoms with E-state index in [-0.39, 0.29) is 71.9 Å². The maximum absolute atomic E-state index is 0. The molecule has 4 heteroatoms. The molecule has 0 aromatic heterocycles. The van der Waals surface area contributed by atoms with Gasteiger partial charge in [0.2, 0.25) is 0 Å². The van der Waals surface area contributed by atoms with Crippen molar-refractivity contribution < 1.29 is 34.1 Å². The Morgan fingerprint density at radius 1 is 0.750 bits per heavy atom. The van der Waals surface area contributed by atoms with E-state index >= 15 is 0 Å². The molecule has 0 rings (SSSR count). The molecule has 0 unspecified atom stereocenters. The van der Waals surface area contributed by atoms with Crippen LogP contribution in [0.3, 0.4) is 0 Å². The van der Waals surface area contributed by atoms with Crippen molar-refractivity contribution in [2.45, 2.75) is 0 Å². The molecule has 0 aliphatic heterocycles. The number of rotatable bonds is 0. The monoisotopic (exact) mass is 127 g/mol. The first-order valence-corrected chi connectivity index (χ1v) is 0. The Morgan fingerprint density at radius 3 is 0.750 bits per heavy atom. The SMILES string of the molecule is [Fe].[LiH].[LiH].[Mn]. The van der Waals surface area contributed by atoms with Crippen LogP contribution in [0.5, 0.6) is 0 Å². The molecule has 0 aromatic carbocycles. The Balaban J connectivity index is 0. The van der Waals surface area contributed by atoms with Gasteiger partial charge in [-0.2, -0.15) is 0 Å². The summed E-state index contributed by atoms with van der Waals surface area (Å²) in [6.45, 7) is 0. The number of hydrogen-bond acceptors (Lipinski definition) is 0. The van der Waals surface area contributed by atoms with Crippen LogP contribution in [0.2, 0.25) is 0 Å². The summed E-state index contributed by atoms with van der Waals surface area (Å²) in [5.41, 5.74) is 0. The maximum Gasteiger partial charge on any atom is 0 e. The van der Waals surface area contributed by atoms with Crippen LogP contribution >= 0.6 is 0 Å². The molecule has 0 bridgehead atoms. The van der Waals surface area contributed by atoms with E-state index < -0.39 is 0 Å².